The molecular weight excluding hydrogens is 540 g/mol. The summed E-state index contributed by atoms with van der Waals surface area (Å²) in [4.78, 5) is 32.9. The van der Waals surface area contributed by atoms with Crippen LogP contribution in [-0.4, -0.2) is 39.3 Å². The van der Waals surface area contributed by atoms with Gasteiger partial charge in [0.25, 0.3) is 5.56 Å². The number of rotatable bonds is 9. The van der Waals surface area contributed by atoms with Gasteiger partial charge in [0.05, 0.1) is 6.04 Å². The van der Waals surface area contributed by atoms with Crippen molar-refractivity contribution < 1.29 is 0 Å². The molecule has 1 unspecified atom stereocenters. The zero-order valence-corrected chi connectivity index (χ0v) is 24.7. The molecule has 0 aliphatic heterocycles. The van der Waals surface area contributed by atoms with Gasteiger partial charge in [-0.15, -0.1) is 10.2 Å². The number of nitrogens with one attached hydrogen (secondary N) is 1. The van der Waals surface area contributed by atoms with E-state index in [9.17, 15) is 9.59 Å². The number of nitrogens with zero attached hydrogens (tertiary/aromatic N) is 7. The Balaban J connectivity index is 1.47. The van der Waals surface area contributed by atoms with E-state index in [4.69, 9.17) is 4.98 Å². The molecule has 0 radical (unpaired) electrons. The molecule has 43 heavy (non-hydrogen) atoms. The molecular formula is C33H34N8O2. The van der Waals surface area contributed by atoms with Crippen LogP contribution >= 0.6 is 0 Å². The lowest BCUT2D eigenvalue weighted by Gasteiger charge is -2.18. The highest BCUT2D eigenvalue weighted by molar-refractivity contribution is 5.80. The highest BCUT2D eigenvalue weighted by Crippen LogP contribution is 2.30. The zero-order chi connectivity index (χ0) is 30.1. The highest BCUT2D eigenvalue weighted by Gasteiger charge is 2.25. The van der Waals surface area contributed by atoms with Crippen LogP contribution in [0.1, 0.15) is 63.0 Å². The molecule has 0 spiro atoms. The topological polar surface area (TPSA) is 116 Å². The molecule has 3 aromatic carbocycles. The molecule has 1 atom stereocenters. The monoisotopic (exact) mass is 574 g/mol. The largest absolute Gasteiger partial charge is 0.333 e. The molecule has 1 N–H and O–H groups in total. The van der Waals surface area contributed by atoms with Gasteiger partial charge < -0.3 is 4.57 Å². The predicted molar refractivity (Wildman–Crippen MR) is 167 cm³/mol. The van der Waals surface area contributed by atoms with Gasteiger partial charge in [0.2, 0.25) is 5.82 Å². The van der Waals surface area contributed by atoms with E-state index >= 15 is 0 Å². The Hall–Kier alpha value is -5.12. The van der Waals surface area contributed by atoms with E-state index < -0.39 is 6.04 Å². The predicted octanol–water partition coefficient (Wildman–Crippen LogP) is 5.40. The Morgan fingerprint density at radius 2 is 1.53 bits per heavy atom. The number of imidazole rings is 1. The molecule has 0 bridgehead atoms. The highest BCUT2D eigenvalue weighted by atomic mass is 16.2. The summed E-state index contributed by atoms with van der Waals surface area (Å²) in [6, 6.07) is 25.4. The molecule has 0 amide bonds. The maximum absolute atomic E-state index is 14.2. The van der Waals surface area contributed by atoms with Crippen LogP contribution in [0.5, 0.6) is 0 Å². The minimum Gasteiger partial charge on any atom is -0.317 e. The van der Waals surface area contributed by atoms with Crippen LogP contribution in [0.2, 0.25) is 0 Å². The van der Waals surface area contributed by atoms with Gasteiger partial charge in [-0.05, 0) is 40.8 Å². The molecule has 0 aliphatic rings. The fourth-order valence-corrected chi connectivity index (χ4v) is 5.70. The molecule has 6 aromatic rings. The molecule has 10 nitrogen and oxygen atoms in total. The third kappa shape index (κ3) is 5.09. The van der Waals surface area contributed by atoms with E-state index in [0.29, 0.717) is 30.1 Å². The number of aromatic amines is 1. The second kappa shape index (κ2) is 11.6. The first kappa shape index (κ1) is 28.0. The summed E-state index contributed by atoms with van der Waals surface area (Å²) in [6.07, 6.45) is 0.740. The lowest BCUT2D eigenvalue weighted by Crippen LogP contribution is -2.42. The second-order valence-electron chi connectivity index (χ2n) is 11.1. The van der Waals surface area contributed by atoms with Crippen LogP contribution in [0.15, 0.2) is 88.5 Å². The molecule has 0 saturated carbocycles. The van der Waals surface area contributed by atoms with Gasteiger partial charge in [-0.2, -0.15) is 5.21 Å². The van der Waals surface area contributed by atoms with Crippen molar-refractivity contribution in [1.82, 2.24) is 39.3 Å². The van der Waals surface area contributed by atoms with Gasteiger partial charge in [0.15, 0.2) is 11.2 Å². The van der Waals surface area contributed by atoms with Gasteiger partial charge in [-0.25, -0.2) is 9.78 Å². The third-order valence-electron chi connectivity index (χ3n) is 7.84. The van der Waals surface area contributed by atoms with Crippen molar-refractivity contribution in [1.29, 1.82) is 0 Å². The maximum Gasteiger partial charge on any atom is 0.333 e. The molecule has 0 saturated heterocycles. The van der Waals surface area contributed by atoms with Gasteiger partial charge in [0, 0.05) is 24.6 Å². The van der Waals surface area contributed by atoms with Crippen LogP contribution in [0.25, 0.3) is 33.7 Å². The average molecular weight is 575 g/mol. The quantitative estimate of drug-likeness (QED) is 0.247. The molecule has 0 fully saturated rings. The van der Waals surface area contributed by atoms with Gasteiger partial charge >= 0.3 is 5.69 Å². The summed E-state index contributed by atoms with van der Waals surface area (Å²) in [6.45, 7) is 8.95. The minimum absolute atomic E-state index is 0.0399. The fraction of sp³-hybridized carbons (Fsp3) is 0.273. The number of hydrogen-bond donors (Lipinski definition) is 1. The Morgan fingerprint density at radius 3 is 2.19 bits per heavy atom. The summed E-state index contributed by atoms with van der Waals surface area (Å²) in [5, 5.41) is 14.5. The van der Waals surface area contributed by atoms with Gasteiger partial charge in [0.1, 0.15) is 5.82 Å². The standard InChI is InChI=1S/C33H34N8O2/c1-5-19-39-31-28(32(42)41(33(39)43)22(4)24-11-7-6-8-12-24)40(30(34-31)21(2)3)20-23-15-17-25(18-16-23)26-13-9-10-14-27(26)29-35-37-38-36-29/h6-18,21-22H,5,19-20H2,1-4H3,(H,35,36,37,38). The summed E-state index contributed by atoms with van der Waals surface area (Å²) >= 11 is 0. The summed E-state index contributed by atoms with van der Waals surface area (Å²) in [5.74, 6) is 1.34. The average Bonchev–Trinajstić information content (AvgIpc) is 3.69. The molecule has 0 aliphatic carbocycles. The summed E-state index contributed by atoms with van der Waals surface area (Å²) in [7, 11) is 0. The van der Waals surface area contributed by atoms with Crippen LogP contribution in [-0.2, 0) is 13.1 Å². The number of hydrogen-bond acceptors (Lipinski definition) is 6. The third-order valence-corrected chi connectivity index (χ3v) is 7.84. The number of aromatic nitrogens is 8. The van der Waals surface area contributed by atoms with E-state index in [0.717, 1.165) is 40.1 Å². The SMILES string of the molecule is CCCn1c(=O)n(C(C)c2ccccc2)c(=O)c2c1nc(C(C)C)n2Cc1ccc(-c2ccccc2-c2nn[nH]n2)cc1. The van der Waals surface area contributed by atoms with Crippen LogP contribution in [0.3, 0.4) is 0 Å². The van der Waals surface area contributed by atoms with Crippen molar-refractivity contribution >= 4 is 11.2 Å². The van der Waals surface area contributed by atoms with Gasteiger partial charge in [-0.1, -0.05) is 99.6 Å². The molecule has 3 aromatic heterocycles. The minimum atomic E-state index is -0.432. The van der Waals surface area contributed by atoms with Crippen molar-refractivity contribution in [2.75, 3.05) is 0 Å². The first-order chi connectivity index (χ1) is 20.9. The second-order valence-corrected chi connectivity index (χ2v) is 11.1. The lowest BCUT2D eigenvalue weighted by atomic mass is 9.98. The summed E-state index contributed by atoms with van der Waals surface area (Å²) < 4.78 is 5.04. The zero-order valence-electron chi connectivity index (χ0n) is 24.7. The number of fused-ring (bicyclic) bond motifs is 1. The Labute approximate surface area is 248 Å². The van der Waals surface area contributed by atoms with Crippen LogP contribution in [0, 0.1) is 0 Å². The number of H-pyrrole nitrogens is 1. The smallest absolute Gasteiger partial charge is 0.317 e. The Kier molecular flexibility index (Phi) is 7.58. The molecule has 6 rings (SSSR count). The number of tetrazole rings is 1. The number of benzene rings is 3. The van der Waals surface area contributed by atoms with E-state index in [1.807, 2.05) is 73.0 Å². The lowest BCUT2D eigenvalue weighted by molar-refractivity contribution is 0.530. The van der Waals surface area contributed by atoms with Gasteiger partial charge in [-0.3, -0.25) is 13.9 Å². The van der Waals surface area contributed by atoms with Crippen molar-refractivity contribution in [3.05, 3.63) is 117 Å². The Morgan fingerprint density at radius 1 is 0.837 bits per heavy atom. The van der Waals surface area contributed by atoms with Crippen molar-refractivity contribution in [2.45, 2.75) is 59.2 Å². The van der Waals surface area contributed by atoms with Crippen molar-refractivity contribution in [2.24, 2.45) is 0 Å². The van der Waals surface area contributed by atoms with Crippen molar-refractivity contribution in [3.8, 4) is 22.5 Å². The maximum atomic E-state index is 14.2. The van der Waals surface area contributed by atoms with Crippen LogP contribution < -0.4 is 11.2 Å². The fourth-order valence-electron chi connectivity index (χ4n) is 5.70. The number of aryl methyl sites for hydroxylation is 1. The van der Waals surface area contributed by atoms with E-state index in [2.05, 4.69) is 58.7 Å². The van der Waals surface area contributed by atoms with Crippen molar-refractivity contribution in [3.63, 3.8) is 0 Å². The summed E-state index contributed by atoms with van der Waals surface area (Å²) in [5.41, 5.74) is 5.04. The van der Waals surface area contributed by atoms with E-state index in [1.54, 1.807) is 4.57 Å². The first-order valence-electron chi connectivity index (χ1n) is 14.6. The first-order valence-corrected chi connectivity index (χ1v) is 14.6. The Bertz CT molecular complexity index is 1990. The molecule has 218 valence electrons. The normalized spacial score (nSPS) is 12.3. The molecule has 10 heteroatoms. The molecule has 3 heterocycles. The van der Waals surface area contributed by atoms with E-state index in [1.165, 1.54) is 4.57 Å². The van der Waals surface area contributed by atoms with E-state index in [-0.39, 0.29) is 17.2 Å². The van der Waals surface area contributed by atoms with Crippen LogP contribution in [0.4, 0.5) is 0 Å².